The number of hydrogen-bond donors (Lipinski definition) is 0. The van der Waals surface area contributed by atoms with Crippen molar-refractivity contribution >= 4 is 28.6 Å². The van der Waals surface area contributed by atoms with E-state index in [0.717, 1.165) is 9.26 Å². The molecule has 88 valence electrons. The van der Waals surface area contributed by atoms with Crippen molar-refractivity contribution in [3.63, 3.8) is 0 Å². The van der Waals surface area contributed by atoms with Crippen LogP contribution in [0, 0.1) is 3.57 Å². The Balaban J connectivity index is 2.34. The van der Waals surface area contributed by atoms with E-state index in [4.69, 9.17) is 4.74 Å². The minimum absolute atomic E-state index is 0.330. The Bertz CT molecular complexity index is 525. The molecular weight excluding hydrogens is 333 g/mol. The molecule has 0 aliphatic carbocycles. The maximum atomic E-state index is 11.6. The fourth-order valence-corrected chi connectivity index (χ4v) is 1.90. The van der Waals surface area contributed by atoms with E-state index in [1.54, 1.807) is 30.2 Å². The maximum Gasteiger partial charge on any atom is 0.359 e. The molecule has 2 heterocycles. The SMILES string of the molecule is CCOC(=O)c1nn(-c2cccnc2)cc1I. The first-order valence-electron chi connectivity index (χ1n) is 5.05. The predicted molar refractivity (Wildman–Crippen MR) is 70.0 cm³/mol. The van der Waals surface area contributed by atoms with Gasteiger partial charge in [-0.05, 0) is 41.6 Å². The lowest BCUT2D eigenvalue weighted by Gasteiger charge is -1.99. The lowest BCUT2D eigenvalue weighted by molar-refractivity contribution is 0.0517. The van der Waals surface area contributed by atoms with Crippen molar-refractivity contribution < 1.29 is 9.53 Å². The molecule has 0 aromatic carbocycles. The van der Waals surface area contributed by atoms with E-state index in [2.05, 4.69) is 32.7 Å². The molecular formula is C11H10IN3O2. The number of hydrogen-bond acceptors (Lipinski definition) is 4. The number of esters is 1. The van der Waals surface area contributed by atoms with E-state index >= 15 is 0 Å². The van der Waals surface area contributed by atoms with Gasteiger partial charge in [-0.15, -0.1) is 0 Å². The molecule has 0 saturated heterocycles. The highest BCUT2D eigenvalue weighted by atomic mass is 127. The summed E-state index contributed by atoms with van der Waals surface area (Å²) in [7, 11) is 0. The van der Waals surface area contributed by atoms with Gasteiger partial charge < -0.3 is 4.74 Å². The summed E-state index contributed by atoms with van der Waals surface area (Å²) in [5.74, 6) is -0.403. The second-order valence-corrected chi connectivity index (χ2v) is 4.36. The van der Waals surface area contributed by atoms with E-state index < -0.39 is 5.97 Å². The Hall–Kier alpha value is -1.44. The summed E-state index contributed by atoms with van der Waals surface area (Å²) >= 11 is 2.06. The average molecular weight is 343 g/mol. The molecule has 0 aliphatic rings. The second-order valence-electron chi connectivity index (χ2n) is 3.20. The molecule has 0 amide bonds. The van der Waals surface area contributed by atoms with Crippen LogP contribution in [0.3, 0.4) is 0 Å². The molecule has 0 atom stereocenters. The first kappa shape index (κ1) is 12.0. The zero-order valence-electron chi connectivity index (χ0n) is 9.13. The van der Waals surface area contributed by atoms with Crippen molar-refractivity contribution in [2.24, 2.45) is 0 Å². The lowest BCUT2D eigenvalue weighted by atomic mass is 10.4. The third-order valence-electron chi connectivity index (χ3n) is 2.05. The van der Waals surface area contributed by atoms with Crippen molar-refractivity contribution in [1.82, 2.24) is 14.8 Å². The number of carbonyl (C=O) groups excluding carboxylic acids is 1. The molecule has 0 fully saturated rings. The maximum absolute atomic E-state index is 11.6. The van der Waals surface area contributed by atoms with Crippen LogP contribution in [0.4, 0.5) is 0 Å². The Kier molecular flexibility index (Phi) is 3.72. The van der Waals surface area contributed by atoms with Crippen molar-refractivity contribution in [3.05, 3.63) is 40.0 Å². The van der Waals surface area contributed by atoms with Gasteiger partial charge in [0.05, 0.1) is 22.1 Å². The fraction of sp³-hybridized carbons (Fsp3) is 0.182. The zero-order chi connectivity index (χ0) is 12.3. The molecule has 2 rings (SSSR count). The molecule has 2 aromatic rings. The fourth-order valence-electron chi connectivity index (χ4n) is 1.31. The summed E-state index contributed by atoms with van der Waals surface area (Å²) in [6.07, 6.45) is 5.13. The number of carbonyl (C=O) groups is 1. The molecule has 0 radical (unpaired) electrons. The lowest BCUT2D eigenvalue weighted by Crippen LogP contribution is -2.07. The van der Waals surface area contributed by atoms with Gasteiger partial charge in [0.2, 0.25) is 0 Å². The van der Waals surface area contributed by atoms with Crippen LogP contribution in [-0.2, 0) is 4.74 Å². The molecule has 0 bridgehead atoms. The molecule has 0 N–H and O–H groups in total. The third kappa shape index (κ3) is 2.63. The highest BCUT2D eigenvalue weighted by Gasteiger charge is 2.16. The van der Waals surface area contributed by atoms with E-state index in [-0.39, 0.29) is 0 Å². The topological polar surface area (TPSA) is 57.0 Å². The van der Waals surface area contributed by atoms with E-state index in [9.17, 15) is 4.79 Å². The van der Waals surface area contributed by atoms with Crippen LogP contribution in [0.15, 0.2) is 30.7 Å². The zero-order valence-corrected chi connectivity index (χ0v) is 11.3. The van der Waals surface area contributed by atoms with Gasteiger partial charge in [-0.2, -0.15) is 5.10 Å². The van der Waals surface area contributed by atoms with Crippen molar-refractivity contribution in [3.8, 4) is 5.69 Å². The number of nitrogens with zero attached hydrogens (tertiary/aromatic N) is 3. The minimum Gasteiger partial charge on any atom is -0.461 e. The van der Waals surface area contributed by atoms with Crippen LogP contribution >= 0.6 is 22.6 Å². The Morgan fingerprint density at radius 2 is 2.41 bits per heavy atom. The molecule has 5 nitrogen and oxygen atoms in total. The Labute approximate surface area is 112 Å². The van der Waals surface area contributed by atoms with Gasteiger partial charge in [-0.1, -0.05) is 0 Å². The van der Waals surface area contributed by atoms with Crippen LogP contribution in [0.25, 0.3) is 5.69 Å². The number of pyridine rings is 1. The third-order valence-corrected chi connectivity index (χ3v) is 2.84. The number of ether oxygens (including phenoxy) is 1. The summed E-state index contributed by atoms with van der Waals surface area (Å²) in [6, 6.07) is 3.68. The van der Waals surface area contributed by atoms with Crippen molar-refractivity contribution in [1.29, 1.82) is 0 Å². The van der Waals surface area contributed by atoms with Crippen LogP contribution in [0.2, 0.25) is 0 Å². The van der Waals surface area contributed by atoms with Crippen molar-refractivity contribution in [2.45, 2.75) is 6.92 Å². The van der Waals surface area contributed by atoms with Gasteiger partial charge >= 0.3 is 5.97 Å². The standard InChI is InChI=1S/C11H10IN3O2/c1-2-17-11(16)10-9(12)7-15(14-10)8-4-3-5-13-6-8/h3-7H,2H2,1H3. The first-order valence-corrected chi connectivity index (χ1v) is 6.13. The van der Waals surface area contributed by atoms with Crippen molar-refractivity contribution in [2.75, 3.05) is 6.61 Å². The molecule has 17 heavy (non-hydrogen) atoms. The van der Waals surface area contributed by atoms with Gasteiger partial charge in [0, 0.05) is 12.4 Å². The second kappa shape index (κ2) is 5.26. The summed E-state index contributed by atoms with van der Waals surface area (Å²) in [5, 5.41) is 4.19. The first-order chi connectivity index (χ1) is 8.22. The number of rotatable bonds is 3. The molecule has 0 aliphatic heterocycles. The molecule has 6 heteroatoms. The molecule has 0 spiro atoms. The molecule has 0 unspecified atom stereocenters. The Morgan fingerprint density at radius 3 is 3.06 bits per heavy atom. The highest BCUT2D eigenvalue weighted by Crippen LogP contribution is 2.14. The van der Waals surface area contributed by atoms with Gasteiger partial charge in [0.1, 0.15) is 0 Å². The minimum atomic E-state index is -0.403. The summed E-state index contributed by atoms with van der Waals surface area (Å²) in [6.45, 7) is 2.11. The number of aromatic nitrogens is 3. The van der Waals surface area contributed by atoms with E-state index in [1.807, 2.05) is 12.1 Å². The van der Waals surface area contributed by atoms with E-state index in [1.165, 1.54) is 0 Å². The summed E-state index contributed by atoms with van der Waals surface area (Å²) < 4.78 is 7.29. The normalized spacial score (nSPS) is 10.2. The highest BCUT2D eigenvalue weighted by molar-refractivity contribution is 14.1. The van der Waals surface area contributed by atoms with Crippen LogP contribution < -0.4 is 0 Å². The summed E-state index contributed by atoms with van der Waals surface area (Å²) in [4.78, 5) is 15.6. The van der Waals surface area contributed by atoms with Gasteiger partial charge in [-0.3, -0.25) is 4.98 Å². The number of halogens is 1. The van der Waals surface area contributed by atoms with Gasteiger partial charge in [0.15, 0.2) is 5.69 Å². The van der Waals surface area contributed by atoms with Gasteiger partial charge in [-0.25, -0.2) is 9.48 Å². The smallest absolute Gasteiger partial charge is 0.359 e. The van der Waals surface area contributed by atoms with Crippen LogP contribution in [0.5, 0.6) is 0 Å². The Morgan fingerprint density at radius 1 is 1.59 bits per heavy atom. The molecule has 2 aromatic heterocycles. The largest absolute Gasteiger partial charge is 0.461 e. The summed E-state index contributed by atoms with van der Waals surface area (Å²) in [5.41, 5.74) is 1.14. The quantitative estimate of drug-likeness (QED) is 0.632. The predicted octanol–water partition coefficient (Wildman–Crippen LogP) is 2.05. The van der Waals surface area contributed by atoms with Gasteiger partial charge in [0.25, 0.3) is 0 Å². The van der Waals surface area contributed by atoms with Crippen LogP contribution in [0.1, 0.15) is 17.4 Å². The monoisotopic (exact) mass is 343 g/mol. The molecule has 0 saturated carbocycles. The average Bonchev–Trinajstić information content (AvgIpc) is 2.73. The van der Waals surface area contributed by atoms with Crippen LogP contribution in [-0.4, -0.2) is 27.3 Å². The van der Waals surface area contributed by atoms with E-state index in [0.29, 0.717) is 12.3 Å².